The Kier molecular flexibility index (Phi) is 5.24. The number of rotatable bonds is 1. The molecule has 1 saturated heterocycles. The lowest BCUT2D eigenvalue weighted by Crippen LogP contribution is -2.50. The summed E-state index contributed by atoms with van der Waals surface area (Å²) in [4.78, 5) is 20.0. The highest BCUT2D eigenvalue weighted by atomic mass is 19.4. The monoisotopic (exact) mass is 386 g/mol. The molecule has 0 aliphatic carbocycles. The minimum atomic E-state index is -4.33. The average Bonchev–Trinajstić information content (AvgIpc) is 2.58. The van der Waals surface area contributed by atoms with Crippen LogP contribution >= 0.6 is 0 Å². The largest absolute Gasteiger partial charge is 0.444 e. The standard InChI is InChI=1S/C18H25F3N4O2/c1-17(2,3)27-16(26)25-8-6-24(7-9-25)14-5-4-12-10-22-11-13(15(12)23-14)18(19,20)21/h4-5,13,22H,6-11H2,1-3H3. The van der Waals surface area contributed by atoms with E-state index in [1.165, 1.54) is 0 Å². The molecule has 1 aromatic rings. The van der Waals surface area contributed by atoms with Crippen molar-refractivity contribution in [3.8, 4) is 0 Å². The Balaban J connectivity index is 1.70. The van der Waals surface area contributed by atoms with Gasteiger partial charge in [0.15, 0.2) is 0 Å². The van der Waals surface area contributed by atoms with E-state index < -0.39 is 17.7 Å². The molecule has 9 heteroatoms. The minimum Gasteiger partial charge on any atom is -0.444 e. The molecule has 6 nitrogen and oxygen atoms in total. The van der Waals surface area contributed by atoms with Gasteiger partial charge in [-0.1, -0.05) is 6.07 Å². The number of carbonyl (C=O) groups excluding carboxylic acids is 1. The predicted octanol–water partition coefficient (Wildman–Crippen LogP) is 2.89. The van der Waals surface area contributed by atoms with E-state index in [4.69, 9.17) is 4.74 Å². The van der Waals surface area contributed by atoms with E-state index in [1.807, 2.05) is 25.7 Å². The number of nitrogens with one attached hydrogen (secondary N) is 1. The number of hydrogen-bond donors (Lipinski definition) is 1. The molecule has 0 saturated carbocycles. The predicted molar refractivity (Wildman–Crippen MR) is 94.8 cm³/mol. The molecule has 0 bridgehead atoms. The molecule has 0 aromatic carbocycles. The number of carbonyl (C=O) groups is 1. The number of amides is 1. The molecule has 27 heavy (non-hydrogen) atoms. The number of anilines is 1. The number of aromatic nitrogens is 1. The van der Waals surface area contributed by atoms with Crippen LogP contribution in [0.5, 0.6) is 0 Å². The van der Waals surface area contributed by atoms with Gasteiger partial charge in [-0.3, -0.25) is 0 Å². The van der Waals surface area contributed by atoms with E-state index in [9.17, 15) is 18.0 Å². The zero-order chi connectivity index (χ0) is 19.8. The molecule has 1 N–H and O–H groups in total. The van der Waals surface area contributed by atoms with Gasteiger partial charge in [-0.25, -0.2) is 9.78 Å². The number of hydrogen-bond acceptors (Lipinski definition) is 5. The number of halogens is 3. The van der Waals surface area contributed by atoms with Gasteiger partial charge in [0.25, 0.3) is 0 Å². The van der Waals surface area contributed by atoms with Crippen molar-refractivity contribution in [1.29, 1.82) is 0 Å². The van der Waals surface area contributed by atoms with E-state index in [2.05, 4.69) is 10.3 Å². The third-order valence-corrected chi connectivity index (χ3v) is 4.64. The summed E-state index contributed by atoms with van der Waals surface area (Å²) in [5.74, 6) is -1.07. The van der Waals surface area contributed by atoms with Crippen LogP contribution in [0.1, 0.15) is 37.9 Å². The van der Waals surface area contributed by atoms with Gasteiger partial charge in [0.2, 0.25) is 0 Å². The van der Waals surface area contributed by atoms with Crippen molar-refractivity contribution < 1.29 is 22.7 Å². The summed E-state index contributed by atoms with van der Waals surface area (Å²) in [6.07, 6.45) is -4.70. The van der Waals surface area contributed by atoms with Crippen LogP contribution in [0, 0.1) is 0 Å². The van der Waals surface area contributed by atoms with E-state index >= 15 is 0 Å². The average molecular weight is 386 g/mol. The van der Waals surface area contributed by atoms with Gasteiger partial charge >= 0.3 is 12.3 Å². The van der Waals surface area contributed by atoms with Crippen molar-refractivity contribution in [2.75, 3.05) is 37.6 Å². The Morgan fingerprint density at radius 3 is 2.44 bits per heavy atom. The van der Waals surface area contributed by atoms with Gasteiger partial charge in [0.1, 0.15) is 17.3 Å². The normalized spacial score (nSPS) is 21.0. The fraction of sp³-hybridized carbons (Fsp3) is 0.667. The highest BCUT2D eigenvalue weighted by Gasteiger charge is 2.44. The second-order valence-corrected chi connectivity index (χ2v) is 7.89. The SMILES string of the molecule is CC(C)(C)OC(=O)N1CCN(c2ccc3c(n2)C(C(F)(F)F)CNC3)CC1. The fourth-order valence-electron chi connectivity index (χ4n) is 3.28. The highest BCUT2D eigenvalue weighted by molar-refractivity contribution is 5.68. The summed E-state index contributed by atoms with van der Waals surface area (Å²) in [7, 11) is 0. The molecule has 1 atom stereocenters. The summed E-state index contributed by atoms with van der Waals surface area (Å²) in [6.45, 7) is 7.55. The summed E-state index contributed by atoms with van der Waals surface area (Å²) in [5.41, 5.74) is 0.127. The Bertz CT molecular complexity index is 695. The van der Waals surface area contributed by atoms with Gasteiger partial charge in [-0.05, 0) is 32.4 Å². The smallest absolute Gasteiger partial charge is 0.410 e. The lowest BCUT2D eigenvalue weighted by molar-refractivity contribution is -0.151. The molecule has 150 valence electrons. The zero-order valence-electron chi connectivity index (χ0n) is 15.8. The van der Waals surface area contributed by atoms with Crippen molar-refractivity contribution in [2.45, 2.75) is 45.0 Å². The first-order valence-electron chi connectivity index (χ1n) is 9.05. The van der Waals surface area contributed by atoms with Crippen LogP contribution in [0.4, 0.5) is 23.8 Å². The summed E-state index contributed by atoms with van der Waals surface area (Å²) in [5, 5.41) is 2.80. The first-order valence-corrected chi connectivity index (χ1v) is 9.05. The first kappa shape index (κ1) is 19.7. The van der Waals surface area contributed by atoms with Crippen LogP contribution in [0.25, 0.3) is 0 Å². The Labute approximate surface area is 156 Å². The van der Waals surface area contributed by atoms with Crippen molar-refractivity contribution in [3.63, 3.8) is 0 Å². The second kappa shape index (κ2) is 7.18. The van der Waals surface area contributed by atoms with Crippen LogP contribution in [-0.4, -0.2) is 60.5 Å². The van der Waals surface area contributed by atoms with Crippen LogP contribution in [0.3, 0.4) is 0 Å². The van der Waals surface area contributed by atoms with Gasteiger partial charge in [-0.15, -0.1) is 0 Å². The van der Waals surface area contributed by atoms with Gasteiger partial charge in [-0.2, -0.15) is 13.2 Å². The molecule has 0 spiro atoms. The van der Waals surface area contributed by atoms with Crippen LogP contribution in [0.2, 0.25) is 0 Å². The fourth-order valence-corrected chi connectivity index (χ4v) is 3.28. The van der Waals surface area contributed by atoms with Crippen LogP contribution in [0.15, 0.2) is 12.1 Å². The summed E-state index contributed by atoms with van der Waals surface area (Å²) >= 11 is 0. The quantitative estimate of drug-likeness (QED) is 0.804. The maximum atomic E-state index is 13.3. The topological polar surface area (TPSA) is 57.7 Å². The Hall–Kier alpha value is -2.03. The summed E-state index contributed by atoms with van der Waals surface area (Å²) < 4.78 is 45.3. The molecule has 3 heterocycles. The van der Waals surface area contributed by atoms with E-state index in [-0.39, 0.29) is 18.3 Å². The number of piperazine rings is 1. The van der Waals surface area contributed by atoms with Crippen molar-refractivity contribution >= 4 is 11.9 Å². The van der Waals surface area contributed by atoms with Crippen LogP contribution in [-0.2, 0) is 11.3 Å². The third kappa shape index (κ3) is 4.63. The lowest BCUT2D eigenvalue weighted by atomic mass is 9.95. The number of pyridine rings is 1. The molecule has 2 aliphatic rings. The molecule has 3 rings (SSSR count). The van der Waals surface area contributed by atoms with Crippen LogP contribution < -0.4 is 10.2 Å². The highest BCUT2D eigenvalue weighted by Crippen LogP contribution is 2.37. The molecule has 0 radical (unpaired) electrons. The maximum absolute atomic E-state index is 13.3. The number of nitrogens with zero attached hydrogens (tertiary/aromatic N) is 3. The Morgan fingerprint density at radius 1 is 1.19 bits per heavy atom. The van der Waals surface area contributed by atoms with Gasteiger partial charge in [0.05, 0.1) is 5.69 Å². The summed E-state index contributed by atoms with van der Waals surface area (Å²) in [6, 6.07) is 3.46. The zero-order valence-corrected chi connectivity index (χ0v) is 15.8. The van der Waals surface area contributed by atoms with Crippen molar-refractivity contribution in [3.05, 3.63) is 23.4 Å². The molecule has 1 aromatic heterocycles. The molecule has 2 aliphatic heterocycles. The Morgan fingerprint density at radius 2 is 1.85 bits per heavy atom. The van der Waals surface area contributed by atoms with Gasteiger partial charge < -0.3 is 19.9 Å². The third-order valence-electron chi connectivity index (χ3n) is 4.64. The molecular formula is C18H25F3N4O2. The lowest BCUT2D eigenvalue weighted by Gasteiger charge is -2.37. The molecule has 1 amide bonds. The van der Waals surface area contributed by atoms with Gasteiger partial charge in [0, 0.05) is 39.3 Å². The molecule has 1 fully saturated rings. The minimum absolute atomic E-state index is 0.105. The molecule has 1 unspecified atom stereocenters. The number of ether oxygens (including phenoxy) is 1. The second-order valence-electron chi connectivity index (χ2n) is 7.89. The van der Waals surface area contributed by atoms with Crippen molar-refractivity contribution in [2.24, 2.45) is 0 Å². The number of fused-ring (bicyclic) bond motifs is 1. The maximum Gasteiger partial charge on any atom is 0.410 e. The first-order chi connectivity index (χ1) is 12.5. The van der Waals surface area contributed by atoms with E-state index in [1.54, 1.807) is 17.0 Å². The van der Waals surface area contributed by atoms with E-state index in [0.29, 0.717) is 44.1 Å². The van der Waals surface area contributed by atoms with Crippen molar-refractivity contribution in [1.82, 2.24) is 15.2 Å². The number of alkyl halides is 3. The van der Waals surface area contributed by atoms with E-state index in [0.717, 1.165) is 0 Å². The molecular weight excluding hydrogens is 361 g/mol.